The van der Waals surface area contributed by atoms with Gasteiger partial charge in [-0.15, -0.1) is 0 Å². The second-order valence-corrected chi connectivity index (χ2v) is 5.43. The summed E-state index contributed by atoms with van der Waals surface area (Å²) in [5.74, 6) is -0.0821. The maximum absolute atomic E-state index is 11.9. The Hall–Kier alpha value is -2.66. The molecule has 1 aromatic heterocycles. The van der Waals surface area contributed by atoms with Gasteiger partial charge in [0.25, 0.3) is 5.56 Å². The molecule has 0 aliphatic rings. The van der Waals surface area contributed by atoms with E-state index in [0.29, 0.717) is 21.7 Å². The highest BCUT2D eigenvalue weighted by Gasteiger charge is 2.08. The van der Waals surface area contributed by atoms with Crippen molar-refractivity contribution in [2.45, 2.75) is 13.0 Å². The van der Waals surface area contributed by atoms with Crippen LogP contribution in [0.15, 0.2) is 53.3 Å². The predicted molar refractivity (Wildman–Crippen MR) is 87.3 cm³/mol. The third-order valence-electron chi connectivity index (χ3n) is 3.29. The Morgan fingerprint density at radius 2 is 1.87 bits per heavy atom. The van der Waals surface area contributed by atoms with E-state index in [4.69, 9.17) is 16.3 Å². The molecular formula is C17H13ClN2O3. The number of esters is 1. The quantitative estimate of drug-likeness (QED) is 0.747. The van der Waals surface area contributed by atoms with Crippen molar-refractivity contribution >= 4 is 28.5 Å². The maximum Gasteiger partial charge on any atom is 0.310 e. The number of ether oxygens (including phenoxy) is 1. The molecule has 0 saturated carbocycles. The van der Waals surface area contributed by atoms with E-state index >= 15 is 0 Å². The van der Waals surface area contributed by atoms with E-state index in [-0.39, 0.29) is 18.6 Å². The van der Waals surface area contributed by atoms with Crippen LogP contribution in [0.5, 0.6) is 0 Å². The van der Waals surface area contributed by atoms with Crippen LogP contribution in [0, 0.1) is 0 Å². The first-order valence-corrected chi connectivity index (χ1v) is 7.37. The Kier molecular flexibility index (Phi) is 4.39. The zero-order valence-electron chi connectivity index (χ0n) is 12.1. The summed E-state index contributed by atoms with van der Waals surface area (Å²) in [6.07, 6.45) is 0.134. The lowest BCUT2D eigenvalue weighted by molar-refractivity contribution is -0.144. The fraction of sp³-hybridized carbons (Fsp3) is 0.118. The van der Waals surface area contributed by atoms with Gasteiger partial charge in [0.2, 0.25) is 0 Å². The van der Waals surface area contributed by atoms with E-state index in [1.807, 2.05) is 0 Å². The fourth-order valence-corrected chi connectivity index (χ4v) is 2.30. The predicted octanol–water partition coefficient (Wildman–Crippen LogP) is 2.86. The van der Waals surface area contributed by atoms with Crippen LogP contribution in [0.4, 0.5) is 0 Å². The fourth-order valence-electron chi connectivity index (χ4n) is 2.17. The molecule has 116 valence electrons. The standard InChI is InChI=1S/C17H13ClN2O3/c18-12-7-5-11(6-8-12)9-16(21)23-10-15-19-14-4-2-1-3-13(14)17(22)20-15/h1-8H,9-10H2,(H,19,20,22). The van der Waals surface area contributed by atoms with Crippen LogP contribution in [-0.4, -0.2) is 15.9 Å². The van der Waals surface area contributed by atoms with Gasteiger partial charge in [0.15, 0.2) is 0 Å². The highest BCUT2D eigenvalue weighted by molar-refractivity contribution is 6.30. The van der Waals surface area contributed by atoms with Gasteiger partial charge in [-0.2, -0.15) is 0 Å². The number of nitrogens with zero attached hydrogens (tertiary/aromatic N) is 1. The van der Waals surface area contributed by atoms with Crippen molar-refractivity contribution in [3.8, 4) is 0 Å². The molecule has 0 radical (unpaired) electrons. The molecular weight excluding hydrogens is 316 g/mol. The first kappa shape index (κ1) is 15.2. The van der Waals surface area contributed by atoms with Gasteiger partial charge in [0, 0.05) is 5.02 Å². The van der Waals surface area contributed by atoms with Crippen LogP contribution in [0.2, 0.25) is 5.02 Å². The van der Waals surface area contributed by atoms with Crippen LogP contribution >= 0.6 is 11.6 Å². The number of aromatic nitrogens is 2. The number of carbonyl (C=O) groups excluding carboxylic acids is 1. The molecule has 0 aliphatic heterocycles. The summed E-state index contributed by atoms with van der Waals surface area (Å²) >= 11 is 5.79. The number of H-pyrrole nitrogens is 1. The molecule has 0 fully saturated rings. The smallest absolute Gasteiger partial charge is 0.310 e. The largest absolute Gasteiger partial charge is 0.457 e. The van der Waals surface area contributed by atoms with Crippen molar-refractivity contribution < 1.29 is 9.53 Å². The van der Waals surface area contributed by atoms with Crippen molar-refractivity contribution in [1.29, 1.82) is 0 Å². The van der Waals surface area contributed by atoms with Gasteiger partial charge in [0.1, 0.15) is 12.4 Å². The molecule has 0 amide bonds. The number of carbonyl (C=O) groups is 1. The normalized spacial score (nSPS) is 10.7. The lowest BCUT2D eigenvalue weighted by Crippen LogP contribution is -2.15. The van der Waals surface area contributed by atoms with E-state index in [0.717, 1.165) is 5.56 Å². The first-order valence-electron chi connectivity index (χ1n) is 7.00. The van der Waals surface area contributed by atoms with E-state index in [2.05, 4.69) is 9.97 Å². The zero-order valence-corrected chi connectivity index (χ0v) is 12.8. The number of halogens is 1. The van der Waals surface area contributed by atoms with Crippen LogP contribution in [0.3, 0.4) is 0 Å². The van der Waals surface area contributed by atoms with Gasteiger partial charge in [-0.3, -0.25) is 9.59 Å². The van der Waals surface area contributed by atoms with Gasteiger partial charge in [-0.25, -0.2) is 4.98 Å². The Bertz CT molecular complexity index is 904. The molecule has 0 atom stereocenters. The number of nitrogens with one attached hydrogen (secondary N) is 1. The molecule has 5 nitrogen and oxygen atoms in total. The molecule has 3 rings (SSSR count). The van der Waals surface area contributed by atoms with Gasteiger partial charge >= 0.3 is 5.97 Å². The molecule has 23 heavy (non-hydrogen) atoms. The minimum Gasteiger partial charge on any atom is -0.457 e. The van der Waals surface area contributed by atoms with Crippen molar-refractivity contribution in [1.82, 2.24) is 9.97 Å². The summed E-state index contributed by atoms with van der Waals surface area (Å²) in [4.78, 5) is 30.7. The molecule has 2 aromatic carbocycles. The zero-order chi connectivity index (χ0) is 16.2. The molecule has 0 aliphatic carbocycles. The van der Waals surface area contributed by atoms with Crippen LogP contribution < -0.4 is 5.56 Å². The Morgan fingerprint density at radius 3 is 2.65 bits per heavy atom. The average molecular weight is 329 g/mol. The average Bonchev–Trinajstić information content (AvgIpc) is 2.55. The third-order valence-corrected chi connectivity index (χ3v) is 3.55. The minimum absolute atomic E-state index is 0.0769. The number of benzene rings is 2. The lowest BCUT2D eigenvalue weighted by Gasteiger charge is -2.05. The second-order valence-electron chi connectivity index (χ2n) is 4.99. The number of rotatable bonds is 4. The van der Waals surface area contributed by atoms with Crippen LogP contribution in [0.25, 0.3) is 10.9 Å². The topological polar surface area (TPSA) is 72.0 Å². The number of hydrogen-bond acceptors (Lipinski definition) is 4. The molecule has 0 spiro atoms. The lowest BCUT2D eigenvalue weighted by atomic mass is 10.1. The number of fused-ring (bicyclic) bond motifs is 1. The third kappa shape index (κ3) is 3.76. The SMILES string of the molecule is O=C(Cc1ccc(Cl)cc1)OCc1nc2ccccc2c(=O)[nH]1. The van der Waals surface area contributed by atoms with E-state index in [9.17, 15) is 9.59 Å². The van der Waals surface area contributed by atoms with Crippen molar-refractivity contribution in [3.05, 3.63) is 75.3 Å². The Balaban J connectivity index is 1.67. The van der Waals surface area contributed by atoms with E-state index < -0.39 is 5.97 Å². The highest BCUT2D eigenvalue weighted by atomic mass is 35.5. The van der Waals surface area contributed by atoms with Gasteiger partial charge in [-0.05, 0) is 29.8 Å². The van der Waals surface area contributed by atoms with Gasteiger partial charge in [0.05, 0.1) is 17.3 Å². The first-order chi connectivity index (χ1) is 11.1. The molecule has 0 saturated heterocycles. The molecule has 1 heterocycles. The summed E-state index contributed by atoms with van der Waals surface area (Å²) in [5, 5.41) is 1.11. The number of hydrogen-bond donors (Lipinski definition) is 1. The summed E-state index contributed by atoms with van der Waals surface area (Å²) in [7, 11) is 0. The summed E-state index contributed by atoms with van der Waals surface area (Å²) < 4.78 is 5.16. The van der Waals surface area contributed by atoms with E-state index in [1.165, 1.54) is 0 Å². The molecule has 3 aromatic rings. The second kappa shape index (κ2) is 6.62. The molecule has 0 bridgehead atoms. The molecule has 1 N–H and O–H groups in total. The highest BCUT2D eigenvalue weighted by Crippen LogP contribution is 2.11. The van der Waals surface area contributed by atoms with Crippen LogP contribution in [-0.2, 0) is 22.6 Å². The maximum atomic E-state index is 11.9. The van der Waals surface area contributed by atoms with Crippen LogP contribution in [0.1, 0.15) is 11.4 Å². The van der Waals surface area contributed by atoms with Gasteiger partial charge in [-0.1, -0.05) is 35.9 Å². The Labute approximate surface area is 136 Å². The van der Waals surface area contributed by atoms with Gasteiger partial charge < -0.3 is 9.72 Å². The number of aromatic amines is 1. The molecule has 0 unspecified atom stereocenters. The molecule has 6 heteroatoms. The summed E-state index contributed by atoms with van der Waals surface area (Å²) in [6.45, 7) is -0.0769. The van der Waals surface area contributed by atoms with Crippen molar-refractivity contribution in [3.63, 3.8) is 0 Å². The van der Waals surface area contributed by atoms with E-state index in [1.54, 1.807) is 48.5 Å². The minimum atomic E-state index is -0.400. The summed E-state index contributed by atoms with van der Waals surface area (Å²) in [5.41, 5.74) is 1.12. The Morgan fingerprint density at radius 1 is 1.13 bits per heavy atom. The van der Waals surface area contributed by atoms with Crippen molar-refractivity contribution in [2.75, 3.05) is 0 Å². The monoisotopic (exact) mass is 328 g/mol. The summed E-state index contributed by atoms with van der Waals surface area (Å²) in [6, 6.07) is 14.0. The van der Waals surface area contributed by atoms with Crippen molar-refractivity contribution in [2.24, 2.45) is 0 Å². The number of para-hydroxylation sites is 1.